The average molecular weight is 420 g/mol. The fourth-order valence-electron chi connectivity index (χ4n) is 2.95. The molecule has 0 spiro atoms. The van der Waals surface area contributed by atoms with Crippen LogP contribution in [0, 0.1) is 0 Å². The average Bonchev–Trinajstić information content (AvgIpc) is 2.92. The summed E-state index contributed by atoms with van der Waals surface area (Å²) in [5, 5.41) is 4.32. The third kappa shape index (κ3) is 5.13. The van der Waals surface area contributed by atoms with E-state index in [2.05, 4.69) is 5.32 Å². The van der Waals surface area contributed by atoms with Crippen molar-refractivity contribution in [3.05, 3.63) is 89.4 Å². The van der Waals surface area contributed by atoms with Crippen LogP contribution in [-0.4, -0.2) is 22.4 Å². The molecule has 4 nitrogen and oxygen atoms in total. The van der Waals surface area contributed by atoms with E-state index in [4.69, 9.17) is 21.6 Å². The number of nitrogens with zero attached hydrogens (tertiary/aromatic N) is 2. The van der Waals surface area contributed by atoms with Gasteiger partial charge in [0.2, 0.25) is 5.91 Å². The highest BCUT2D eigenvalue weighted by atomic mass is 35.5. The summed E-state index contributed by atoms with van der Waals surface area (Å²) in [6, 6.07) is 25.0. The second kappa shape index (κ2) is 9.07. The largest absolute Gasteiger partial charge is 0.325 e. The van der Waals surface area contributed by atoms with E-state index in [0.717, 1.165) is 27.7 Å². The number of hydrogen-bond acceptors (Lipinski definition) is 4. The van der Waals surface area contributed by atoms with Crippen molar-refractivity contribution in [3.8, 4) is 0 Å². The van der Waals surface area contributed by atoms with Gasteiger partial charge in [0.15, 0.2) is 0 Å². The zero-order chi connectivity index (χ0) is 20.1. The molecule has 0 atom stereocenters. The summed E-state index contributed by atoms with van der Waals surface area (Å²) in [6.45, 7) is 0. The first-order chi connectivity index (χ1) is 14.2. The maximum absolute atomic E-state index is 12.4. The third-order valence-electron chi connectivity index (χ3n) is 4.29. The number of carbonyl (C=O) groups excluding carboxylic acids is 1. The maximum atomic E-state index is 12.4. The standard InChI is InChI=1S/C23H18ClN3OS/c24-17-9-6-10-18(13-17)25-22(28)15-29-23-14-21(16-7-2-1-3-8-16)26-19-11-4-5-12-20(19)27-23/h1-13H,14-15H2,(H,25,28). The summed E-state index contributed by atoms with van der Waals surface area (Å²) in [4.78, 5) is 22.0. The molecule has 1 heterocycles. The van der Waals surface area contributed by atoms with E-state index in [1.165, 1.54) is 11.8 Å². The summed E-state index contributed by atoms with van der Waals surface area (Å²) < 4.78 is 0. The van der Waals surface area contributed by atoms with E-state index < -0.39 is 0 Å². The molecule has 0 aliphatic carbocycles. The zero-order valence-electron chi connectivity index (χ0n) is 15.5. The van der Waals surface area contributed by atoms with Crippen molar-refractivity contribution >= 4 is 57.1 Å². The van der Waals surface area contributed by atoms with Crippen molar-refractivity contribution in [2.24, 2.45) is 9.98 Å². The van der Waals surface area contributed by atoms with Crippen LogP contribution >= 0.6 is 23.4 Å². The molecule has 6 heteroatoms. The molecule has 1 aliphatic rings. The lowest BCUT2D eigenvalue weighted by atomic mass is 10.1. The predicted molar refractivity (Wildman–Crippen MR) is 123 cm³/mol. The van der Waals surface area contributed by atoms with E-state index >= 15 is 0 Å². The molecule has 0 bridgehead atoms. The molecular weight excluding hydrogens is 402 g/mol. The fraction of sp³-hybridized carbons (Fsp3) is 0.0870. The Kier molecular flexibility index (Phi) is 6.08. The molecule has 4 rings (SSSR count). The summed E-state index contributed by atoms with van der Waals surface area (Å²) in [5.74, 6) is 0.158. The Morgan fingerprint density at radius 2 is 1.66 bits per heavy atom. The Morgan fingerprint density at radius 1 is 0.931 bits per heavy atom. The van der Waals surface area contributed by atoms with Crippen molar-refractivity contribution in [2.45, 2.75) is 6.42 Å². The van der Waals surface area contributed by atoms with Gasteiger partial charge in [-0.3, -0.25) is 9.79 Å². The molecule has 3 aromatic rings. The number of carbonyl (C=O) groups is 1. The Labute approximate surface area is 178 Å². The number of benzene rings is 3. The minimum absolute atomic E-state index is 0.101. The minimum atomic E-state index is -0.101. The Morgan fingerprint density at radius 3 is 2.41 bits per heavy atom. The highest BCUT2D eigenvalue weighted by Crippen LogP contribution is 2.33. The van der Waals surface area contributed by atoms with Crippen LogP contribution in [0.4, 0.5) is 17.1 Å². The van der Waals surface area contributed by atoms with Gasteiger partial charge in [-0.25, -0.2) is 4.99 Å². The number of halogens is 1. The van der Waals surface area contributed by atoms with Crippen LogP contribution in [0.5, 0.6) is 0 Å². The zero-order valence-corrected chi connectivity index (χ0v) is 17.1. The topological polar surface area (TPSA) is 53.8 Å². The molecule has 1 N–H and O–H groups in total. The van der Waals surface area contributed by atoms with Crippen molar-refractivity contribution < 1.29 is 4.79 Å². The minimum Gasteiger partial charge on any atom is -0.325 e. The SMILES string of the molecule is O=C(CSC1=Nc2ccccc2N=C(c2ccccc2)C1)Nc1cccc(Cl)c1. The van der Waals surface area contributed by atoms with Crippen LogP contribution in [-0.2, 0) is 4.79 Å². The van der Waals surface area contributed by atoms with Crippen LogP contribution in [0.25, 0.3) is 0 Å². The summed E-state index contributed by atoms with van der Waals surface area (Å²) in [7, 11) is 0. The predicted octanol–water partition coefficient (Wildman–Crippen LogP) is 6.27. The Hall–Kier alpha value is -2.89. The van der Waals surface area contributed by atoms with Gasteiger partial charge in [0, 0.05) is 17.1 Å². The lowest BCUT2D eigenvalue weighted by Crippen LogP contribution is -2.16. The number of para-hydroxylation sites is 2. The van der Waals surface area contributed by atoms with Gasteiger partial charge in [-0.05, 0) is 35.9 Å². The van der Waals surface area contributed by atoms with Gasteiger partial charge in [0.25, 0.3) is 0 Å². The number of hydrogen-bond donors (Lipinski definition) is 1. The number of anilines is 1. The van der Waals surface area contributed by atoms with E-state index in [1.807, 2.05) is 60.7 Å². The monoisotopic (exact) mass is 419 g/mol. The van der Waals surface area contributed by atoms with E-state index in [0.29, 0.717) is 17.1 Å². The number of fused-ring (bicyclic) bond motifs is 1. The molecule has 0 aromatic heterocycles. The van der Waals surface area contributed by atoms with Crippen LogP contribution in [0.2, 0.25) is 5.02 Å². The summed E-state index contributed by atoms with van der Waals surface area (Å²) in [6.07, 6.45) is 0.577. The normalized spacial score (nSPS) is 13.0. The summed E-state index contributed by atoms with van der Waals surface area (Å²) in [5.41, 5.74) is 4.34. The van der Waals surface area contributed by atoms with Gasteiger partial charge in [-0.2, -0.15) is 0 Å². The molecular formula is C23H18ClN3OS. The van der Waals surface area contributed by atoms with E-state index in [-0.39, 0.29) is 11.7 Å². The Balaban J connectivity index is 1.51. The van der Waals surface area contributed by atoms with Gasteiger partial charge < -0.3 is 5.32 Å². The molecule has 3 aromatic carbocycles. The van der Waals surface area contributed by atoms with Crippen molar-refractivity contribution in [3.63, 3.8) is 0 Å². The number of thioether (sulfide) groups is 1. The maximum Gasteiger partial charge on any atom is 0.234 e. The second-order valence-electron chi connectivity index (χ2n) is 6.44. The second-order valence-corrected chi connectivity index (χ2v) is 7.93. The highest BCUT2D eigenvalue weighted by Gasteiger charge is 2.16. The number of aliphatic imine (C=N–C) groups is 2. The smallest absolute Gasteiger partial charge is 0.234 e. The molecule has 0 saturated heterocycles. The molecule has 0 fully saturated rings. The lowest BCUT2D eigenvalue weighted by molar-refractivity contribution is -0.113. The van der Waals surface area contributed by atoms with Crippen molar-refractivity contribution in [2.75, 3.05) is 11.1 Å². The molecule has 144 valence electrons. The molecule has 29 heavy (non-hydrogen) atoms. The Bertz CT molecular complexity index is 1100. The highest BCUT2D eigenvalue weighted by molar-refractivity contribution is 8.14. The number of nitrogens with one attached hydrogen (secondary N) is 1. The fourth-order valence-corrected chi connectivity index (χ4v) is 3.91. The van der Waals surface area contributed by atoms with Gasteiger partial charge in [0.05, 0.1) is 27.9 Å². The van der Waals surface area contributed by atoms with E-state index in [1.54, 1.807) is 18.2 Å². The first kappa shape index (κ1) is 19.4. The van der Waals surface area contributed by atoms with Gasteiger partial charge in [-0.15, -0.1) is 11.8 Å². The first-order valence-electron chi connectivity index (χ1n) is 9.15. The van der Waals surface area contributed by atoms with Gasteiger partial charge in [0.1, 0.15) is 0 Å². The van der Waals surface area contributed by atoms with Gasteiger partial charge in [-0.1, -0.05) is 60.1 Å². The van der Waals surface area contributed by atoms with Crippen LogP contribution < -0.4 is 5.32 Å². The molecule has 0 radical (unpaired) electrons. The number of amides is 1. The molecule has 1 amide bonds. The third-order valence-corrected chi connectivity index (χ3v) is 5.50. The van der Waals surface area contributed by atoms with Crippen molar-refractivity contribution in [1.82, 2.24) is 0 Å². The van der Waals surface area contributed by atoms with Gasteiger partial charge >= 0.3 is 0 Å². The van der Waals surface area contributed by atoms with Crippen LogP contribution in [0.15, 0.2) is 88.8 Å². The summed E-state index contributed by atoms with van der Waals surface area (Å²) >= 11 is 7.41. The van der Waals surface area contributed by atoms with E-state index in [9.17, 15) is 4.79 Å². The first-order valence-corrected chi connectivity index (χ1v) is 10.5. The lowest BCUT2D eigenvalue weighted by Gasteiger charge is -2.08. The van der Waals surface area contributed by atoms with Crippen LogP contribution in [0.3, 0.4) is 0 Å². The molecule has 0 unspecified atom stereocenters. The van der Waals surface area contributed by atoms with Crippen LogP contribution in [0.1, 0.15) is 12.0 Å². The van der Waals surface area contributed by atoms with Crippen molar-refractivity contribution in [1.29, 1.82) is 0 Å². The molecule has 1 aliphatic heterocycles. The quantitative estimate of drug-likeness (QED) is 0.542. The number of rotatable bonds is 4. The molecule has 0 saturated carbocycles.